The summed E-state index contributed by atoms with van der Waals surface area (Å²) in [6.45, 7) is 2.91. The Bertz CT molecular complexity index is 462. The quantitative estimate of drug-likeness (QED) is 0.853. The van der Waals surface area contributed by atoms with Crippen molar-refractivity contribution >= 4 is 0 Å². The second kappa shape index (κ2) is 4.84. The van der Waals surface area contributed by atoms with Crippen LogP contribution in [-0.4, -0.2) is 14.7 Å². The van der Waals surface area contributed by atoms with Gasteiger partial charge in [0.2, 0.25) is 0 Å². The van der Waals surface area contributed by atoms with Crippen molar-refractivity contribution in [1.29, 1.82) is 0 Å². The highest BCUT2D eigenvalue weighted by Gasteiger charge is 2.02. The van der Waals surface area contributed by atoms with E-state index in [-0.39, 0.29) is 0 Å². The van der Waals surface area contributed by atoms with Crippen LogP contribution in [0, 0.1) is 0 Å². The summed E-state index contributed by atoms with van der Waals surface area (Å²) < 4.78 is 2.12. The number of aromatic hydroxyl groups is 1. The lowest BCUT2D eigenvalue weighted by atomic mass is 10.2. The molecule has 2 aromatic rings. The number of imidazole rings is 1. The topological polar surface area (TPSA) is 38.0 Å². The fourth-order valence-corrected chi connectivity index (χ4v) is 1.79. The van der Waals surface area contributed by atoms with Crippen LogP contribution in [0.5, 0.6) is 5.75 Å². The van der Waals surface area contributed by atoms with Crippen LogP contribution >= 0.6 is 0 Å². The zero-order chi connectivity index (χ0) is 11.4. The van der Waals surface area contributed by atoms with Gasteiger partial charge in [-0.15, -0.1) is 0 Å². The average Bonchev–Trinajstić information content (AvgIpc) is 2.66. The Labute approximate surface area is 95.4 Å². The van der Waals surface area contributed by atoms with Gasteiger partial charge in [-0.05, 0) is 24.1 Å². The Balaban J connectivity index is 2.17. The molecule has 0 saturated carbocycles. The second-order valence-corrected chi connectivity index (χ2v) is 3.89. The minimum atomic E-state index is 0.314. The maximum absolute atomic E-state index is 9.39. The van der Waals surface area contributed by atoms with Gasteiger partial charge in [0.05, 0.1) is 0 Å². The number of phenolic OH excluding ortho intramolecular Hbond substituents is 1. The van der Waals surface area contributed by atoms with Crippen molar-refractivity contribution < 1.29 is 5.11 Å². The Morgan fingerprint density at radius 2 is 2.25 bits per heavy atom. The highest BCUT2D eigenvalue weighted by atomic mass is 16.3. The predicted molar refractivity (Wildman–Crippen MR) is 63.4 cm³/mol. The number of aromatic nitrogens is 2. The third kappa shape index (κ3) is 2.42. The summed E-state index contributed by atoms with van der Waals surface area (Å²) in [4.78, 5) is 4.32. The van der Waals surface area contributed by atoms with E-state index in [1.54, 1.807) is 12.1 Å². The minimum Gasteiger partial charge on any atom is -0.508 e. The molecule has 0 fully saturated rings. The summed E-state index contributed by atoms with van der Waals surface area (Å²) in [5.74, 6) is 1.42. The molecular formula is C13H16N2O. The SMILES string of the molecule is CCCc1nccn1Cc1cccc(O)c1. The first-order chi connectivity index (χ1) is 7.79. The van der Waals surface area contributed by atoms with E-state index < -0.39 is 0 Å². The standard InChI is InChI=1S/C13H16N2O/c1-2-4-13-14-7-8-15(13)10-11-5-3-6-12(16)9-11/h3,5-9,16H,2,4,10H2,1H3. The normalized spacial score (nSPS) is 10.6. The van der Waals surface area contributed by atoms with Gasteiger partial charge in [-0.25, -0.2) is 4.98 Å². The molecule has 1 aromatic carbocycles. The highest BCUT2D eigenvalue weighted by Crippen LogP contribution is 2.13. The average molecular weight is 216 g/mol. The number of phenols is 1. The molecule has 0 aliphatic rings. The van der Waals surface area contributed by atoms with E-state index >= 15 is 0 Å². The molecule has 0 aliphatic heterocycles. The summed E-state index contributed by atoms with van der Waals surface area (Å²) in [6, 6.07) is 7.34. The van der Waals surface area contributed by atoms with E-state index in [0.29, 0.717) is 5.75 Å². The van der Waals surface area contributed by atoms with Gasteiger partial charge >= 0.3 is 0 Å². The van der Waals surface area contributed by atoms with Crippen LogP contribution in [0.4, 0.5) is 0 Å². The Morgan fingerprint density at radius 3 is 3.00 bits per heavy atom. The first-order valence-corrected chi connectivity index (χ1v) is 5.57. The van der Waals surface area contributed by atoms with Crippen LogP contribution in [0.1, 0.15) is 24.7 Å². The summed E-state index contributed by atoms with van der Waals surface area (Å²) in [7, 11) is 0. The zero-order valence-electron chi connectivity index (χ0n) is 9.43. The van der Waals surface area contributed by atoms with Crippen molar-refractivity contribution in [3.63, 3.8) is 0 Å². The van der Waals surface area contributed by atoms with Crippen LogP contribution in [0.25, 0.3) is 0 Å². The van der Waals surface area contributed by atoms with Crippen LogP contribution in [0.15, 0.2) is 36.7 Å². The molecule has 0 bridgehead atoms. The summed E-state index contributed by atoms with van der Waals surface area (Å²) >= 11 is 0. The minimum absolute atomic E-state index is 0.314. The molecule has 1 heterocycles. The van der Waals surface area contributed by atoms with Crippen LogP contribution in [-0.2, 0) is 13.0 Å². The largest absolute Gasteiger partial charge is 0.508 e. The first-order valence-electron chi connectivity index (χ1n) is 5.57. The molecular weight excluding hydrogens is 200 g/mol. The number of nitrogens with zero attached hydrogens (tertiary/aromatic N) is 2. The van der Waals surface area contributed by atoms with E-state index in [2.05, 4.69) is 16.5 Å². The third-order valence-corrected chi connectivity index (χ3v) is 2.54. The predicted octanol–water partition coefficient (Wildman–Crippen LogP) is 2.59. The van der Waals surface area contributed by atoms with Gasteiger partial charge in [-0.3, -0.25) is 0 Å². The van der Waals surface area contributed by atoms with Crippen LogP contribution in [0.2, 0.25) is 0 Å². The number of benzene rings is 1. The van der Waals surface area contributed by atoms with E-state index in [9.17, 15) is 5.11 Å². The van der Waals surface area contributed by atoms with Gasteiger partial charge in [0.1, 0.15) is 11.6 Å². The molecule has 84 valence electrons. The second-order valence-electron chi connectivity index (χ2n) is 3.89. The third-order valence-electron chi connectivity index (χ3n) is 2.54. The van der Waals surface area contributed by atoms with Crippen molar-refractivity contribution in [2.75, 3.05) is 0 Å². The van der Waals surface area contributed by atoms with Crippen molar-refractivity contribution in [3.8, 4) is 5.75 Å². The molecule has 0 unspecified atom stereocenters. The van der Waals surface area contributed by atoms with Gasteiger partial charge in [-0.2, -0.15) is 0 Å². The highest BCUT2D eigenvalue weighted by molar-refractivity contribution is 5.27. The molecule has 3 nitrogen and oxygen atoms in total. The van der Waals surface area contributed by atoms with Gasteiger partial charge in [0.25, 0.3) is 0 Å². The fraction of sp³-hybridized carbons (Fsp3) is 0.308. The molecule has 1 aromatic heterocycles. The van der Waals surface area contributed by atoms with Gasteiger partial charge < -0.3 is 9.67 Å². The lowest BCUT2D eigenvalue weighted by Crippen LogP contribution is -2.03. The van der Waals surface area contributed by atoms with Crippen molar-refractivity contribution in [1.82, 2.24) is 9.55 Å². The fourth-order valence-electron chi connectivity index (χ4n) is 1.79. The van der Waals surface area contributed by atoms with E-state index in [1.165, 1.54) is 0 Å². The Morgan fingerprint density at radius 1 is 1.38 bits per heavy atom. The number of hydrogen-bond acceptors (Lipinski definition) is 2. The smallest absolute Gasteiger partial charge is 0.115 e. The molecule has 0 atom stereocenters. The molecule has 0 aliphatic carbocycles. The van der Waals surface area contributed by atoms with Gasteiger partial charge in [0.15, 0.2) is 0 Å². The lowest BCUT2D eigenvalue weighted by Gasteiger charge is -2.07. The van der Waals surface area contributed by atoms with Gasteiger partial charge in [-0.1, -0.05) is 19.1 Å². The van der Waals surface area contributed by atoms with Crippen molar-refractivity contribution in [3.05, 3.63) is 48.0 Å². The first kappa shape index (κ1) is 10.7. The number of aryl methyl sites for hydroxylation is 1. The Hall–Kier alpha value is -1.77. The number of rotatable bonds is 4. The Kier molecular flexibility index (Phi) is 3.25. The summed E-state index contributed by atoms with van der Waals surface area (Å²) in [5, 5.41) is 9.39. The van der Waals surface area contributed by atoms with Crippen LogP contribution in [0.3, 0.4) is 0 Å². The molecule has 0 radical (unpaired) electrons. The van der Waals surface area contributed by atoms with Crippen LogP contribution < -0.4 is 0 Å². The molecule has 0 spiro atoms. The molecule has 0 amide bonds. The molecule has 0 saturated heterocycles. The zero-order valence-corrected chi connectivity index (χ0v) is 9.43. The monoisotopic (exact) mass is 216 g/mol. The molecule has 1 N–H and O–H groups in total. The van der Waals surface area contributed by atoms with E-state index in [4.69, 9.17) is 0 Å². The van der Waals surface area contributed by atoms with Gasteiger partial charge in [0, 0.05) is 25.4 Å². The lowest BCUT2D eigenvalue weighted by molar-refractivity contribution is 0.474. The molecule has 2 rings (SSSR count). The molecule has 3 heteroatoms. The van der Waals surface area contributed by atoms with Crippen molar-refractivity contribution in [2.45, 2.75) is 26.3 Å². The maximum Gasteiger partial charge on any atom is 0.115 e. The van der Waals surface area contributed by atoms with E-state index in [0.717, 1.165) is 30.8 Å². The summed E-state index contributed by atoms with van der Waals surface area (Å²) in [6.07, 6.45) is 5.89. The number of hydrogen-bond donors (Lipinski definition) is 1. The van der Waals surface area contributed by atoms with Crippen molar-refractivity contribution in [2.24, 2.45) is 0 Å². The van der Waals surface area contributed by atoms with E-state index in [1.807, 2.05) is 24.5 Å². The summed E-state index contributed by atoms with van der Waals surface area (Å²) in [5.41, 5.74) is 1.09. The molecule has 16 heavy (non-hydrogen) atoms. The maximum atomic E-state index is 9.39.